The smallest absolute Gasteiger partial charge is 0.463 e. The summed E-state index contributed by atoms with van der Waals surface area (Å²) < 4.78 is 61.5. The first-order valence-corrected chi connectivity index (χ1v) is 51.0. The number of carbonyl (C=O) groups is 3. The molecule has 0 rings (SSSR count). The number of hydrogen-bond donors (Lipinski definition) is 4. The highest BCUT2D eigenvalue weighted by atomic mass is 31.2. The van der Waals surface area contributed by atoms with Crippen molar-refractivity contribution in [3.63, 3.8) is 0 Å². The van der Waals surface area contributed by atoms with E-state index in [0.717, 1.165) is 180 Å². The average molecular weight is 1750 g/mol. The summed E-state index contributed by atoms with van der Waals surface area (Å²) in [6.07, 6.45) is 130. The lowest BCUT2D eigenvalue weighted by molar-refractivity contribution is -0.161. The van der Waals surface area contributed by atoms with Crippen LogP contribution in [0.3, 0.4) is 0 Å². The van der Waals surface area contributed by atoms with E-state index in [4.69, 9.17) is 32.3 Å². The maximum atomic E-state index is 13.1. The van der Waals surface area contributed by atoms with Crippen LogP contribution in [-0.2, 0) is 55.8 Å². The second kappa shape index (κ2) is 95.0. The Hall–Kier alpha value is -6.13. The van der Waals surface area contributed by atoms with Crippen LogP contribution >= 0.6 is 15.6 Å². The first-order valence-electron chi connectivity index (χ1n) is 48.0. The highest BCUT2D eigenvalue weighted by Crippen LogP contribution is 2.45. The molecule has 0 saturated heterocycles. The normalized spacial score (nSPS) is 14.7. The van der Waals surface area contributed by atoms with Gasteiger partial charge in [0.2, 0.25) is 0 Å². The monoisotopic (exact) mass is 1750 g/mol. The van der Waals surface area contributed by atoms with Crippen molar-refractivity contribution in [3.05, 3.63) is 219 Å². The molecule has 0 aliphatic heterocycles. The number of rotatable bonds is 89. The summed E-state index contributed by atoms with van der Waals surface area (Å²) in [4.78, 5) is 59.1. The molecule has 18 heteroatoms. The van der Waals surface area contributed by atoms with Crippen LogP contribution in [0.5, 0.6) is 0 Å². The van der Waals surface area contributed by atoms with Crippen molar-refractivity contribution in [2.24, 2.45) is 0 Å². The van der Waals surface area contributed by atoms with Gasteiger partial charge < -0.3 is 34.2 Å². The van der Waals surface area contributed by atoms with Crippen LogP contribution in [0, 0.1) is 0 Å². The topological polar surface area (TPSA) is 231 Å². The summed E-state index contributed by atoms with van der Waals surface area (Å²) in [7, 11) is -9.84. The summed E-state index contributed by atoms with van der Waals surface area (Å²) in [6, 6.07) is 0. The second-order valence-corrected chi connectivity index (χ2v) is 34.3. The molecule has 123 heavy (non-hydrogen) atoms. The van der Waals surface area contributed by atoms with Crippen molar-refractivity contribution in [2.45, 2.75) is 386 Å². The number of aliphatic hydroxyl groups is 2. The predicted octanol–water partition coefficient (Wildman–Crippen LogP) is 30.1. The van der Waals surface area contributed by atoms with Gasteiger partial charge in [-0.2, -0.15) is 0 Å². The summed E-state index contributed by atoms with van der Waals surface area (Å²) in [5, 5.41) is 20.8. The number of hydrogen-bond acceptors (Lipinski definition) is 14. The van der Waals surface area contributed by atoms with E-state index in [9.17, 15) is 43.5 Å². The fraction of sp³-hybridized carbons (Fsp3) is 0.629. The molecular formula is C105H172O16P2. The molecule has 0 aromatic carbocycles. The van der Waals surface area contributed by atoms with Gasteiger partial charge in [-0.3, -0.25) is 32.5 Å². The maximum absolute atomic E-state index is 13.1. The van der Waals surface area contributed by atoms with Gasteiger partial charge >= 0.3 is 33.6 Å². The molecule has 0 bridgehead atoms. The van der Waals surface area contributed by atoms with Gasteiger partial charge in [-0.25, -0.2) is 9.13 Å². The minimum atomic E-state index is -4.96. The third-order valence-corrected chi connectivity index (χ3v) is 21.6. The molecule has 0 aliphatic rings. The van der Waals surface area contributed by atoms with Gasteiger partial charge in [-0.15, -0.1) is 0 Å². The summed E-state index contributed by atoms with van der Waals surface area (Å²) in [6.45, 7) is 2.31. The Bertz CT molecular complexity index is 3120. The number of aliphatic hydroxyl groups excluding tert-OH is 2. The van der Waals surface area contributed by atoms with Crippen molar-refractivity contribution in [1.82, 2.24) is 0 Å². The van der Waals surface area contributed by atoms with Gasteiger partial charge in [0.1, 0.15) is 25.4 Å². The Kier molecular flexibility index (Phi) is 90.3. The molecular weight excluding hydrogens is 1580 g/mol. The van der Waals surface area contributed by atoms with E-state index in [-0.39, 0.29) is 19.3 Å². The lowest BCUT2D eigenvalue weighted by Crippen LogP contribution is -2.30. The molecule has 698 valence electrons. The number of phosphoric acid groups is 2. The summed E-state index contributed by atoms with van der Waals surface area (Å²) in [5.41, 5.74) is 0. The van der Waals surface area contributed by atoms with Crippen molar-refractivity contribution < 1.29 is 75.8 Å². The number of carbonyl (C=O) groups excluding carboxylic acids is 3. The van der Waals surface area contributed by atoms with Crippen molar-refractivity contribution in [2.75, 3.05) is 39.6 Å². The molecule has 5 unspecified atom stereocenters. The molecule has 16 nitrogen and oxygen atoms in total. The highest BCUT2D eigenvalue weighted by molar-refractivity contribution is 7.47. The van der Waals surface area contributed by atoms with Gasteiger partial charge in [0.25, 0.3) is 0 Å². The fourth-order valence-electron chi connectivity index (χ4n) is 12.5. The van der Waals surface area contributed by atoms with Crippen LogP contribution in [0.2, 0.25) is 0 Å². The molecule has 0 aromatic rings. The Balaban J connectivity index is 4.61. The molecule has 0 spiro atoms. The molecule has 0 saturated carbocycles. The third kappa shape index (κ3) is 96.4. The first kappa shape index (κ1) is 117. The maximum Gasteiger partial charge on any atom is 0.472 e. The molecule has 0 aromatic heterocycles. The van der Waals surface area contributed by atoms with Gasteiger partial charge in [0, 0.05) is 19.3 Å². The Morgan fingerprint density at radius 3 is 0.659 bits per heavy atom. The Morgan fingerprint density at radius 2 is 0.407 bits per heavy atom. The zero-order valence-corrected chi connectivity index (χ0v) is 78.8. The number of esters is 3. The fourth-order valence-corrected chi connectivity index (χ4v) is 14.1. The Morgan fingerprint density at radius 1 is 0.228 bits per heavy atom. The zero-order valence-electron chi connectivity index (χ0n) is 77.0. The van der Waals surface area contributed by atoms with Gasteiger partial charge in [0.05, 0.1) is 26.4 Å². The summed E-state index contributed by atoms with van der Waals surface area (Å²) in [5.74, 6) is -1.63. The molecule has 4 N–H and O–H groups in total. The van der Waals surface area contributed by atoms with Crippen LogP contribution < -0.4 is 0 Å². The molecule has 5 atom stereocenters. The molecule has 0 fully saturated rings. The number of unbranched alkanes of at least 4 members (excludes halogenated alkanes) is 30. The van der Waals surface area contributed by atoms with Crippen molar-refractivity contribution >= 4 is 33.6 Å². The van der Waals surface area contributed by atoms with E-state index in [1.807, 2.05) is 0 Å². The molecule has 0 amide bonds. The van der Waals surface area contributed by atoms with E-state index in [0.29, 0.717) is 25.7 Å². The van der Waals surface area contributed by atoms with Crippen LogP contribution in [0.1, 0.15) is 367 Å². The minimum Gasteiger partial charge on any atom is -0.463 e. The molecule has 0 radical (unpaired) electrons. The van der Waals surface area contributed by atoms with E-state index in [1.165, 1.54) is 122 Å². The van der Waals surface area contributed by atoms with Crippen LogP contribution in [-0.4, -0.2) is 95.9 Å². The zero-order chi connectivity index (χ0) is 89.3. The van der Waals surface area contributed by atoms with E-state index in [1.54, 1.807) is 0 Å². The summed E-state index contributed by atoms with van der Waals surface area (Å²) >= 11 is 0. The lowest BCUT2D eigenvalue weighted by Gasteiger charge is -2.21. The SMILES string of the molecule is CC/C=C\C/C=C\C/C=C\C/C=C\C/C=C\C/C=C\CCCCCCCCCCCCCCCCC(=O)OCC(O)COP(=O)(O)OCC(O)COP(=O)(O)OCC(COC(=O)CCCCCCCCCCCCCCCC/C=C\C/C=C\C/C=C\C/C=C\C/C=C\C/C=C\CC)OC(=O)CCCC/C=C\C/C=C\C/C=C\C/C=C\C/C=C\C/C=C\CC. The van der Waals surface area contributed by atoms with Gasteiger partial charge in [-0.1, -0.05) is 394 Å². The predicted molar refractivity (Wildman–Crippen MR) is 518 cm³/mol. The molecule has 0 heterocycles. The lowest BCUT2D eigenvalue weighted by atomic mass is 10.0. The van der Waals surface area contributed by atoms with Crippen LogP contribution in [0.15, 0.2) is 219 Å². The molecule has 0 aliphatic carbocycles. The number of ether oxygens (including phenoxy) is 3. The highest BCUT2D eigenvalue weighted by Gasteiger charge is 2.29. The second-order valence-electron chi connectivity index (χ2n) is 31.4. The van der Waals surface area contributed by atoms with Crippen LogP contribution in [0.4, 0.5) is 0 Å². The van der Waals surface area contributed by atoms with Crippen LogP contribution in [0.25, 0.3) is 0 Å². The standard InChI is InChI=1S/C105H172O16P2/c1-4-7-10-13-16-19-22-25-28-31-34-37-39-41-43-45-47-49-51-53-55-57-59-62-64-67-70-73-76-79-82-85-88-91-103(108)115-94-100(106)95-117-122(111,112)118-96-101(107)97-119-123(113,114)120-99-102(121-105(110)93-90-87-84-81-78-75-72-69-66-61-36-33-30-27-24-21-18-15-12-9-6-3)98-116-104(109)92-89-86-83-80-77-74-71-68-65-63-60-58-56-54-52-50-48-46-44-42-40-38-35-32-29-26-23-20-17-14-11-8-5-2/h7-12,16-21,25-30,34-38,41-44,47-50,61,69,72,78,81,100-102,106-107H,4-6,13-15,22-24,31-33,39-40,45-46,51-60,62-68,70-71,73-77,79-80,82-99H2,1-3H3,(H,111,112)(H,113,114)/b10-7-,11-8-,12-9-,19-16-,20-17-,21-18-,28-25-,29-26-,30-27-,37-34-,38-35-,43-41-,44-42-,49-47-,50-48-,61-36-,72-69-,81-78-. The van der Waals surface area contributed by atoms with Crippen molar-refractivity contribution in [3.8, 4) is 0 Å². The quantitative estimate of drug-likeness (QED) is 0.0146. The largest absolute Gasteiger partial charge is 0.472 e. The third-order valence-electron chi connectivity index (χ3n) is 19.7. The van der Waals surface area contributed by atoms with E-state index < -0.39 is 91.5 Å². The van der Waals surface area contributed by atoms with Crippen molar-refractivity contribution in [1.29, 1.82) is 0 Å². The Labute approximate surface area is 749 Å². The average Bonchev–Trinajstić information content (AvgIpc) is 0.900. The van der Waals surface area contributed by atoms with Gasteiger partial charge in [-0.05, 0) is 173 Å². The first-order chi connectivity index (χ1) is 60.2. The van der Waals surface area contributed by atoms with E-state index >= 15 is 0 Å². The minimum absolute atomic E-state index is 0.0429. The van der Waals surface area contributed by atoms with Gasteiger partial charge in [0.15, 0.2) is 6.10 Å². The number of phosphoric ester groups is 2. The number of allylic oxidation sites excluding steroid dienone is 36. The van der Waals surface area contributed by atoms with E-state index in [2.05, 4.69) is 240 Å².